The van der Waals surface area contributed by atoms with Gasteiger partial charge in [-0.1, -0.05) is 32.0 Å². The lowest BCUT2D eigenvalue weighted by atomic mass is 10.1. The quantitative estimate of drug-likeness (QED) is 0.635. The molecule has 0 aliphatic carbocycles. The van der Waals surface area contributed by atoms with Crippen molar-refractivity contribution in [1.82, 2.24) is 19.9 Å². The SMILES string of the molecule is COc1nc(OC)nc(Oc2oc(-c3ccccc3)nc2CC(C)C)n1. The van der Waals surface area contributed by atoms with E-state index in [2.05, 4.69) is 33.8 Å². The first kappa shape index (κ1) is 17.7. The molecule has 2 aromatic heterocycles. The predicted octanol–water partition coefficient (Wildman–Crippen LogP) is 3.53. The summed E-state index contributed by atoms with van der Waals surface area (Å²) < 4.78 is 21.7. The molecule has 0 unspecified atom stereocenters. The molecule has 2 heterocycles. The largest absolute Gasteiger partial charge is 0.467 e. The van der Waals surface area contributed by atoms with Crippen LogP contribution >= 0.6 is 0 Å². The summed E-state index contributed by atoms with van der Waals surface area (Å²) in [6, 6.07) is 9.79. The van der Waals surface area contributed by atoms with Crippen LogP contribution in [0, 0.1) is 5.92 Å². The molecule has 3 rings (SSSR count). The maximum atomic E-state index is 5.84. The van der Waals surface area contributed by atoms with Crippen LogP contribution in [0.3, 0.4) is 0 Å². The molecule has 0 saturated carbocycles. The van der Waals surface area contributed by atoms with Crippen molar-refractivity contribution in [2.75, 3.05) is 14.2 Å². The van der Waals surface area contributed by atoms with E-state index in [9.17, 15) is 0 Å². The highest BCUT2D eigenvalue weighted by molar-refractivity contribution is 5.54. The van der Waals surface area contributed by atoms with E-state index in [0.717, 1.165) is 5.56 Å². The summed E-state index contributed by atoms with van der Waals surface area (Å²) in [6.07, 6.45) is 0.686. The molecule has 26 heavy (non-hydrogen) atoms. The van der Waals surface area contributed by atoms with Gasteiger partial charge >= 0.3 is 24.0 Å². The molecule has 0 bridgehead atoms. The van der Waals surface area contributed by atoms with E-state index < -0.39 is 0 Å². The van der Waals surface area contributed by atoms with Gasteiger partial charge in [-0.2, -0.15) is 0 Å². The van der Waals surface area contributed by atoms with Gasteiger partial charge in [0.15, 0.2) is 0 Å². The molecular formula is C18H20N4O4. The van der Waals surface area contributed by atoms with E-state index in [0.29, 0.717) is 23.9 Å². The van der Waals surface area contributed by atoms with Gasteiger partial charge in [-0.15, -0.1) is 15.0 Å². The van der Waals surface area contributed by atoms with E-state index >= 15 is 0 Å². The first-order chi connectivity index (χ1) is 12.6. The van der Waals surface area contributed by atoms with E-state index in [1.807, 2.05) is 30.3 Å². The highest BCUT2D eigenvalue weighted by Crippen LogP contribution is 2.32. The number of aromatic nitrogens is 4. The minimum atomic E-state index is 0.00877. The van der Waals surface area contributed by atoms with Crippen LogP contribution in [0.4, 0.5) is 0 Å². The Balaban J connectivity index is 1.97. The monoisotopic (exact) mass is 356 g/mol. The van der Waals surface area contributed by atoms with Crippen LogP contribution in [0.1, 0.15) is 19.5 Å². The van der Waals surface area contributed by atoms with Crippen molar-refractivity contribution < 1.29 is 18.6 Å². The Bertz CT molecular complexity index is 843. The van der Waals surface area contributed by atoms with E-state index in [4.69, 9.17) is 18.6 Å². The summed E-state index contributed by atoms with van der Waals surface area (Å²) in [5.41, 5.74) is 1.55. The fourth-order valence-corrected chi connectivity index (χ4v) is 2.27. The van der Waals surface area contributed by atoms with Gasteiger partial charge in [0.05, 0.1) is 14.2 Å². The van der Waals surface area contributed by atoms with Gasteiger partial charge in [-0.05, 0) is 24.5 Å². The summed E-state index contributed by atoms with van der Waals surface area (Å²) >= 11 is 0. The maximum Gasteiger partial charge on any atom is 0.333 e. The lowest BCUT2D eigenvalue weighted by Gasteiger charge is -2.06. The van der Waals surface area contributed by atoms with Gasteiger partial charge in [0.25, 0.3) is 0 Å². The van der Waals surface area contributed by atoms with Crippen molar-refractivity contribution in [1.29, 1.82) is 0 Å². The third kappa shape index (κ3) is 4.08. The highest BCUT2D eigenvalue weighted by atomic mass is 16.6. The molecule has 136 valence electrons. The number of hydrogen-bond acceptors (Lipinski definition) is 8. The molecule has 0 aliphatic rings. The van der Waals surface area contributed by atoms with Crippen molar-refractivity contribution in [3.05, 3.63) is 36.0 Å². The zero-order valence-corrected chi connectivity index (χ0v) is 15.1. The topological polar surface area (TPSA) is 92.4 Å². The number of hydrogen-bond donors (Lipinski definition) is 0. The van der Waals surface area contributed by atoms with Gasteiger partial charge in [0.1, 0.15) is 5.69 Å². The Labute approximate surface area is 151 Å². The van der Waals surface area contributed by atoms with E-state index in [-0.39, 0.29) is 24.0 Å². The van der Waals surface area contributed by atoms with Gasteiger partial charge in [0, 0.05) is 5.56 Å². The Morgan fingerprint density at radius 3 is 2.08 bits per heavy atom. The number of benzene rings is 1. The second-order valence-corrected chi connectivity index (χ2v) is 5.91. The number of ether oxygens (including phenoxy) is 3. The van der Waals surface area contributed by atoms with Crippen LogP contribution in [-0.2, 0) is 6.42 Å². The first-order valence-corrected chi connectivity index (χ1v) is 8.16. The molecule has 3 aromatic rings. The lowest BCUT2D eigenvalue weighted by Crippen LogP contribution is -2.02. The van der Waals surface area contributed by atoms with Crippen LogP contribution in [0.5, 0.6) is 24.0 Å². The van der Waals surface area contributed by atoms with Crippen molar-refractivity contribution in [3.8, 4) is 35.4 Å². The van der Waals surface area contributed by atoms with Crippen molar-refractivity contribution in [3.63, 3.8) is 0 Å². The van der Waals surface area contributed by atoms with Gasteiger partial charge < -0.3 is 18.6 Å². The molecule has 0 aliphatic heterocycles. The molecule has 0 fully saturated rings. The van der Waals surface area contributed by atoms with Crippen LogP contribution in [0.25, 0.3) is 11.5 Å². The predicted molar refractivity (Wildman–Crippen MR) is 93.5 cm³/mol. The Kier molecular flexibility index (Phi) is 5.31. The second-order valence-electron chi connectivity index (χ2n) is 5.91. The zero-order valence-electron chi connectivity index (χ0n) is 15.1. The first-order valence-electron chi connectivity index (χ1n) is 8.16. The average Bonchev–Trinajstić information content (AvgIpc) is 3.03. The lowest BCUT2D eigenvalue weighted by molar-refractivity contribution is 0.292. The highest BCUT2D eigenvalue weighted by Gasteiger charge is 2.20. The Hall–Kier alpha value is -3.16. The van der Waals surface area contributed by atoms with Crippen molar-refractivity contribution in [2.24, 2.45) is 5.92 Å². The third-order valence-corrected chi connectivity index (χ3v) is 3.41. The van der Waals surface area contributed by atoms with Crippen molar-refractivity contribution >= 4 is 0 Å². The van der Waals surface area contributed by atoms with Crippen LogP contribution < -0.4 is 14.2 Å². The molecule has 8 nitrogen and oxygen atoms in total. The summed E-state index contributed by atoms with van der Waals surface area (Å²) in [4.78, 5) is 16.6. The zero-order chi connectivity index (χ0) is 18.5. The fourth-order valence-electron chi connectivity index (χ4n) is 2.27. The second kappa shape index (κ2) is 7.81. The molecule has 8 heteroatoms. The molecular weight excluding hydrogens is 336 g/mol. The minimum absolute atomic E-state index is 0.00877. The summed E-state index contributed by atoms with van der Waals surface area (Å²) in [5, 5.41) is 0. The summed E-state index contributed by atoms with van der Waals surface area (Å²) in [7, 11) is 2.90. The minimum Gasteiger partial charge on any atom is -0.467 e. The van der Waals surface area contributed by atoms with E-state index in [1.54, 1.807) is 0 Å². The molecule has 1 aromatic carbocycles. The average molecular weight is 356 g/mol. The Morgan fingerprint density at radius 1 is 0.885 bits per heavy atom. The van der Waals surface area contributed by atoms with Crippen LogP contribution in [0.15, 0.2) is 34.7 Å². The van der Waals surface area contributed by atoms with Gasteiger partial charge in [-0.3, -0.25) is 0 Å². The molecule has 0 N–H and O–H groups in total. The normalized spacial score (nSPS) is 10.8. The molecule has 0 atom stereocenters. The smallest absolute Gasteiger partial charge is 0.333 e. The molecule has 0 spiro atoms. The van der Waals surface area contributed by atoms with Gasteiger partial charge in [0.2, 0.25) is 5.89 Å². The van der Waals surface area contributed by atoms with Crippen LogP contribution in [-0.4, -0.2) is 34.2 Å². The molecule has 0 saturated heterocycles. The fraction of sp³-hybridized carbons (Fsp3) is 0.333. The molecule has 0 amide bonds. The standard InChI is InChI=1S/C18H20N4O4/c1-11(2)10-13-15(25-14(19-13)12-8-6-5-7-9-12)26-18-21-16(23-3)20-17(22-18)24-4/h5-9,11H,10H2,1-4H3. The number of oxazole rings is 1. The van der Waals surface area contributed by atoms with E-state index in [1.165, 1.54) is 14.2 Å². The number of methoxy groups -OCH3 is 2. The Morgan fingerprint density at radius 2 is 1.50 bits per heavy atom. The number of rotatable bonds is 7. The number of nitrogens with zero attached hydrogens (tertiary/aromatic N) is 4. The maximum absolute atomic E-state index is 5.84. The summed E-state index contributed by atoms with van der Waals surface area (Å²) in [5.74, 6) is 1.09. The van der Waals surface area contributed by atoms with Crippen LogP contribution in [0.2, 0.25) is 0 Å². The van der Waals surface area contributed by atoms with Crippen molar-refractivity contribution in [2.45, 2.75) is 20.3 Å². The molecule has 0 radical (unpaired) electrons. The third-order valence-electron chi connectivity index (χ3n) is 3.41. The summed E-state index contributed by atoms with van der Waals surface area (Å²) in [6.45, 7) is 4.19. The van der Waals surface area contributed by atoms with Gasteiger partial charge in [-0.25, -0.2) is 4.98 Å².